The number of nitrogens with zero attached hydrogens (tertiary/aromatic N) is 3. The molecule has 1 unspecified atom stereocenters. The first kappa shape index (κ1) is 16.1. The van der Waals surface area contributed by atoms with Crippen molar-refractivity contribution < 1.29 is 9.18 Å². The monoisotopic (exact) mass is 323 g/mol. The first-order valence-electron chi connectivity index (χ1n) is 7.76. The molecule has 0 aliphatic carbocycles. The molecule has 1 aliphatic heterocycles. The summed E-state index contributed by atoms with van der Waals surface area (Å²) in [6, 6.07) is 9.61. The maximum absolute atomic E-state index is 13.1. The second kappa shape index (κ2) is 6.04. The van der Waals surface area contributed by atoms with Crippen LogP contribution in [0, 0.1) is 17.7 Å². The smallest absolute Gasteiger partial charge is 0.232 e. The molecule has 1 saturated heterocycles. The second-order valence-electron chi connectivity index (χ2n) is 6.57. The molecule has 0 saturated carbocycles. The Bertz CT molecular complexity index is 834. The zero-order chi connectivity index (χ0) is 17.3. The predicted octanol–water partition coefficient (Wildman–Crippen LogP) is 2.74. The summed E-state index contributed by atoms with van der Waals surface area (Å²) < 4.78 is 13.1. The Balaban J connectivity index is 1.79. The van der Waals surface area contributed by atoms with E-state index in [2.05, 4.69) is 22.0 Å². The third kappa shape index (κ3) is 3.13. The van der Waals surface area contributed by atoms with Crippen LogP contribution in [-0.2, 0) is 4.79 Å². The summed E-state index contributed by atoms with van der Waals surface area (Å²) in [6.45, 7) is 4.08. The van der Waals surface area contributed by atoms with Gasteiger partial charge in [0.05, 0.1) is 11.6 Å². The van der Waals surface area contributed by atoms with Gasteiger partial charge in [0.2, 0.25) is 5.91 Å². The maximum atomic E-state index is 13.1. The van der Waals surface area contributed by atoms with E-state index in [1.807, 2.05) is 20.9 Å². The number of likely N-dealkylation sites (tertiary alicyclic amines) is 1. The number of hydrogen-bond donors (Lipinski definition) is 0. The molecular weight excluding hydrogens is 305 g/mol. The standard InChI is InChI=1S/C19H18FN3O/c1-19(2)12-16(18(24)23(19)3)17-10-9-15(21-22-17)8-7-13-5-4-6-14(20)11-13/h4-6,9-11,16H,12H2,1-3H3. The zero-order valence-corrected chi connectivity index (χ0v) is 13.9. The van der Waals surface area contributed by atoms with E-state index in [0.717, 1.165) is 0 Å². The highest BCUT2D eigenvalue weighted by atomic mass is 19.1. The topological polar surface area (TPSA) is 46.1 Å². The van der Waals surface area contributed by atoms with Crippen LogP contribution in [-0.4, -0.2) is 33.6 Å². The van der Waals surface area contributed by atoms with Crippen LogP contribution < -0.4 is 0 Å². The second-order valence-corrected chi connectivity index (χ2v) is 6.57. The number of hydrogen-bond acceptors (Lipinski definition) is 3. The van der Waals surface area contributed by atoms with Gasteiger partial charge >= 0.3 is 0 Å². The Morgan fingerprint density at radius 2 is 2.00 bits per heavy atom. The Hall–Kier alpha value is -2.74. The van der Waals surface area contributed by atoms with Gasteiger partial charge in [-0.05, 0) is 56.5 Å². The van der Waals surface area contributed by atoms with Gasteiger partial charge in [-0.15, -0.1) is 5.10 Å². The molecule has 0 N–H and O–H groups in total. The fourth-order valence-electron chi connectivity index (χ4n) is 2.78. The minimum atomic E-state index is -0.324. The molecule has 0 bridgehead atoms. The summed E-state index contributed by atoms with van der Waals surface area (Å²) >= 11 is 0. The van der Waals surface area contributed by atoms with E-state index in [-0.39, 0.29) is 23.2 Å². The van der Waals surface area contributed by atoms with Crippen LogP contribution in [0.5, 0.6) is 0 Å². The van der Waals surface area contributed by atoms with Crippen LogP contribution in [0.15, 0.2) is 36.4 Å². The molecule has 1 fully saturated rings. The summed E-state index contributed by atoms with van der Waals surface area (Å²) in [4.78, 5) is 14.1. The SMILES string of the molecule is CN1C(=O)C(c2ccc(C#Cc3cccc(F)c3)nn2)CC1(C)C. The first-order chi connectivity index (χ1) is 11.4. The molecular formula is C19H18FN3O. The van der Waals surface area contributed by atoms with Gasteiger partial charge in [-0.2, -0.15) is 5.10 Å². The molecule has 1 aliphatic rings. The number of amides is 1. The summed E-state index contributed by atoms with van der Waals surface area (Å²) in [6.07, 6.45) is 0.714. The third-order valence-corrected chi connectivity index (χ3v) is 4.44. The number of rotatable bonds is 1. The lowest BCUT2D eigenvalue weighted by molar-refractivity contribution is -0.130. The fraction of sp³-hybridized carbons (Fsp3) is 0.316. The van der Waals surface area contributed by atoms with Gasteiger partial charge in [-0.3, -0.25) is 4.79 Å². The lowest BCUT2D eigenvalue weighted by Crippen LogP contribution is -2.37. The van der Waals surface area contributed by atoms with E-state index in [0.29, 0.717) is 23.4 Å². The van der Waals surface area contributed by atoms with E-state index in [4.69, 9.17) is 0 Å². The number of benzene rings is 1. The van der Waals surface area contributed by atoms with Crippen LogP contribution in [0.1, 0.15) is 43.1 Å². The average Bonchev–Trinajstić information content (AvgIpc) is 2.77. The van der Waals surface area contributed by atoms with Crippen molar-refractivity contribution in [1.82, 2.24) is 15.1 Å². The molecule has 5 heteroatoms. The number of aromatic nitrogens is 2. The third-order valence-electron chi connectivity index (χ3n) is 4.44. The number of carbonyl (C=O) groups is 1. The summed E-state index contributed by atoms with van der Waals surface area (Å²) in [5, 5.41) is 8.25. The number of halogens is 1. The quantitative estimate of drug-likeness (QED) is 0.758. The molecule has 24 heavy (non-hydrogen) atoms. The highest BCUT2D eigenvalue weighted by Crippen LogP contribution is 2.37. The van der Waals surface area contributed by atoms with Crippen molar-refractivity contribution in [1.29, 1.82) is 0 Å². The van der Waals surface area contributed by atoms with E-state index < -0.39 is 0 Å². The van der Waals surface area contributed by atoms with Crippen molar-refractivity contribution in [3.05, 3.63) is 59.2 Å². The Morgan fingerprint density at radius 1 is 1.21 bits per heavy atom. The van der Waals surface area contributed by atoms with Gasteiger partial charge < -0.3 is 4.90 Å². The molecule has 4 nitrogen and oxygen atoms in total. The van der Waals surface area contributed by atoms with E-state index >= 15 is 0 Å². The number of carbonyl (C=O) groups excluding carboxylic acids is 1. The molecule has 2 aromatic rings. The molecule has 1 amide bonds. The predicted molar refractivity (Wildman–Crippen MR) is 88.6 cm³/mol. The van der Waals surface area contributed by atoms with Crippen LogP contribution >= 0.6 is 0 Å². The molecule has 1 aromatic carbocycles. The maximum Gasteiger partial charge on any atom is 0.232 e. The van der Waals surface area contributed by atoms with Crippen molar-refractivity contribution in [3.63, 3.8) is 0 Å². The van der Waals surface area contributed by atoms with Crippen molar-refractivity contribution >= 4 is 5.91 Å². The fourth-order valence-corrected chi connectivity index (χ4v) is 2.78. The largest absolute Gasteiger partial charge is 0.340 e. The molecule has 0 spiro atoms. The van der Waals surface area contributed by atoms with Gasteiger partial charge in [-0.25, -0.2) is 4.39 Å². The molecule has 122 valence electrons. The van der Waals surface area contributed by atoms with Gasteiger partial charge in [0.25, 0.3) is 0 Å². The first-order valence-corrected chi connectivity index (χ1v) is 7.76. The van der Waals surface area contributed by atoms with Crippen molar-refractivity contribution in [3.8, 4) is 11.8 Å². The lowest BCUT2D eigenvalue weighted by atomic mass is 9.94. The van der Waals surface area contributed by atoms with Crippen molar-refractivity contribution in [2.75, 3.05) is 7.05 Å². The Morgan fingerprint density at radius 3 is 2.58 bits per heavy atom. The molecule has 1 aromatic heterocycles. The Labute approximate surface area is 140 Å². The average molecular weight is 323 g/mol. The van der Waals surface area contributed by atoms with Gasteiger partial charge in [0.15, 0.2) is 0 Å². The van der Waals surface area contributed by atoms with Gasteiger partial charge in [0, 0.05) is 18.2 Å². The molecule has 3 rings (SSSR count). The van der Waals surface area contributed by atoms with Crippen LogP contribution in [0.4, 0.5) is 4.39 Å². The lowest BCUT2D eigenvalue weighted by Gasteiger charge is -2.26. The van der Waals surface area contributed by atoms with Crippen molar-refractivity contribution in [2.45, 2.75) is 31.7 Å². The van der Waals surface area contributed by atoms with Gasteiger partial charge in [-0.1, -0.05) is 12.0 Å². The van der Waals surface area contributed by atoms with E-state index in [1.54, 1.807) is 29.2 Å². The summed E-state index contributed by atoms with van der Waals surface area (Å²) in [7, 11) is 1.81. The van der Waals surface area contributed by atoms with Gasteiger partial charge in [0.1, 0.15) is 11.5 Å². The summed E-state index contributed by atoms with van der Waals surface area (Å²) in [5.41, 5.74) is 1.55. The van der Waals surface area contributed by atoms with Crippen LogP contribution in [0.2, 0.25) is 0 Å². The molecule has 2 heterocycles. The number of likely N-dealkylation sites (N-methyl/N-ethyl adjacent to an activating group) is 1. The summed E-state index contributed by atoms with van der Waals surface area (Å²) in [5.74, 6) is 5.19. The minimum Gasteiger partial charge on any atom is -0.340 e. The molecule has 0 radical (unpaired) electrons. The van der Waals surface area contributed by atoms with Crippen molar-refractivity contribution in [2.24, 2.45) is 0 Å². The van der Waals surface area contributed by atoms with Crippen LogP contribution in [0.25, 0.3) is 0 Å². The minimum absolute atomic E-state index is 0.0629. The van der Waals surface area contributed by atoms with E-state index in [9.17, 15) is 9.18 Å². The normalized spacial score (nSPS) is 19.1. The Kier molecular flexibility index (Phi) is 4.06. The molecule has 1 atom stereocenters. The highest BCUT2D eigenvalue weighted by molar-refractivity contribution is 5.86. The van der Waals surface area contributed by atoms with E-state index in [1.165, 1.54) is 12.1 Å². The van der Waals surface area contributed by atoms with Crippen LogP contribution in [0.3, 0.4) is 0 Å². The highest BCUT2D eigenvalue weighted by Gasteiger charge is 2.44. The zero-order valence-electron chi connectivity index (χ0n) is 13.9.